The molecule has 1 unspecified atom stereocenters. The third kappa shape index (κ3) is 6.28. The molecule has 8 heteroatoms. The van der Waals surface area contributed by atoms with Crippen LogP contribution in [0.1, 0.15) is 43.9 Å². The SMILES string of the molecule is Cc1[nH]n(-c2ccccc2)c(=O)c1N=Nc1ccc(CONCCCN2CCCCC2C)cc1. The summed E-state index contributed by atoms with van der Waals surface area (Å²) in [6.45, 7) is 7.80. The summed E-state index contributed by atoms with van der Waals surface area (Å²) < 4.78 is 1.48. The lowest BCUT2D eigenvalue weighted by molar-refractivity contribution is 0.0248. The molecule has 1 aliphatic heterocycles. The summed E-state index contributed by atoms with van der Waals surface area (Å²) in [5.41, 5.74) is 6.30. The van der Waals surface area contributed by atoms with Gasteiger partial charge >= 0.3 is 0 Å². The van der Waals surface area contributed by atoms with Crippen LogP contribution in [0, 0.1) is 6.92 Å². The van der Waals surface area contributed by atoms with Gasteiger partial charge in [-0.1, -0.05) is 36.8 Å². The Hall–Kier alpha value is -3.07. The topological polar surface area (TPSA) is 87.0 Å². The minimum Gasteiger partial charge on any atom is -0.301 e. The van der Waals surface area contributed by atoms with Gasteiger partial charge in [-0.2, -0.15) is 5.11 Å². The molecule has 1 fully saturated rings. The van der Waals surface area contributed by atoms with Crippen LogP contribution in [0.25, 0.3) is 5.69 Å². The Morgan fingerprint density at radius 1 is 1.09 bits per heavy atom. The minimum absolute atomic E-state index is 0.224. The van der Waals surface area contributed by atoms with Crippen molar-refractivity contribution in [3.63, 3.8) is 0 Å². The molecule has 0 bridgehead atoms. The van der Waals surface area contributed by atoms with Gasteiger partial charge in [0.25, 0.3) is 5.56 Å². The van der Waals surface area contributed by atoms with Gasteiger partial charge in [0.15, 0.2) is 5.69 Å². The van der Waals surface area contributed by atoms with Crippen molar-refractivity contribution in [1.29, 1.82) is 0 Å². The number of azo groups is 1. The van der Waals surface area contributed by atoms with Crippen LogP contribution in [-0.2, 0) is 11.4 Å². The summed E-state index contributed by atoms with van der Waals surface area (Å²) in [5, 5.41) is 11.5. The summed E-state index contributed by atoms with van der Waals surface area (Å²) >= 11 is 0. The van der Waals surface area contributed by atoms with E-state index in [9.17, 15) is 4.79 Å². The summed E-state index contributed by atoms with van der Waals surface area (Å²) in [4.78, 5) is 20.9. The monoisotopic (exact) mass is 462 g/mol. The summed E-state index contributed by atoms with van der Waals surface area (Å²) in [6.07, 6.45) is 5.07. The predicted molar refractivity (Wildman–Crippen MR) is 134 cm³/mol. The van der Waals surface area contributed by atoms with Gasteiger partial charge in [0.2, 0.25) is 0 Å². The molecule has 1 atom stereocenters. The van der Waals surface area contributed by atoms with Crippen molar-refractivity contribution in [2.45, 2.75) is 52.2 Å². The fraction of sp³-hybridized carbons (Fsp3) is 0.423. The predicted octanol–water partition coefficient (Wildman–Crippen LogP) is 5.18. The first-order valence-corrected chi connectivity index (χ1v) is 12.1. The number of piperidine rings is 1. The number of likely N-dealkylation sites (tertiary alicyclic amines) is 1. The van der Waals surface area contributed by atoms with E-state index in [1.807, 2.05) is 61.5 Å². The number of nitrogens with one attached hydrogen (secondary N) is 2. The molecule has 0 spiro atoms. The van der Waals surface area contributed by atoms with Crippen molar-refractivity contribution in [2.24, 2.45) is 10.2 Å². The molecule has 1 saturated heterocycles. The van der Waals surface area contributed by atoms with Crippen LogP contribution in [0.2, 0.25) is 0 Å². The van der Waals surface area contributed by atoms with Crippen LogP contribution in [0.3, 0.4) is 0 Å². The molecule has 2 aromatic carbocycles. The molecule has 0 saturated carbocycles. The highest BCUT2D eigenvalue weighted by Crippen LogP contribution is 2.20. The highest BCUT2D eigenvalue weighted by Gasteiger charge is 2.17. The first-order chi connectivity index (χ1) is 16.6. The Bertz CT molecular complexity index is 1120. The van der Waals surface area contributed by atoms with Gasteiger partial charge in [-0.3, -0.25) is 14.7 Å². The quantitative estimate of drug-likeness (QED) is 0.247. The van der Waals surface area contributed by atoms with Crippen molar-refractivity contribution in [2.75, 3.05) is 19.6 Å². The molecule has 34 heavy (non-hydrogen) atoms. The number of aryl methyl sites for hydroxylation is 1. The van der Waals surface area contributed by atoms with E-state index in [2.05, 4.69) is 32.6 Å². The van der Waals surface area contributed by atoms with E-state index in [4.69, 9.17) is 4.84 Å². The molecule has 0 radical (unpaired) electrons. The van der Waals surface area contributed by atoms with Crippen molar-refractivity contribution in [1.82, 2.24) is 20.2 Å². The van der Waals surface area contributed by atoms with E-state index in [1.54, 1.807) is 0 Å². The fourth-order valence-electron chi connectivity index (χ4n) is 4.23. The van der Waals surface area contributed by atoms with E-state index >= 15 is 0 Å². The van der Waals surface area contributed by atoms with Crippen molar-refractivity contribution < 1.29 is 4.84 Å². The Kier molecular flexibility index (Phi) is 8.41. The van der Waals surface area contributed by atoms with E-state index < -0.39 is 0 Å². The highest BCUT2D eigenvalue weighted by atomic mass is 16.6. The van der Waals surface area contributed by atoms with Crippen molar-refractivity contribution in [3.05, 3.63) is 76.2 Å². The Morgan fingerprint density at radius 2 is 1.88 bits per heavy atom. The third-order valence-electron chi connectivity index (χ3n) is 6.26. The standard InChI is InChI=1S/C26H34N6O2/c1-20-9-6-7-17-31(20)18-8-16-27-34-19-22-12-14-23(15-13-22)28-29-25-21(2)30-32(26(25)33)24-10-4-3-5-11-24/h3-5,10-15,20,27,30H,6-9,16-19H2,1-2H3. The number of benzene rings is 2. The maximum Gasteiger partial charge on any atom is 0.299 e. The molecular formula is C26H34N6O2. The zero-order chi connectivity index (χ0) is 23.8. The Morgan fingerprint density at radius 3 is 2.65 bits per heavy atom. The number of aromatic amines is 1. The molecule has 1 aromatic heterocycles. The first-order valence-electron chi connectivity index (χ1n) is 12.1. The maximum absolute atomic E-state index is 12.7. The number of para-hydroxylation sites is 1. The molecule has 4 rings (SSSR count). The zero-order valence-corrected chi connectivity index (χ0v) is 20.0. The molecular weight excluding hydrogens is 428 g/mol. The molecule has 2 N–H and O–H groups in total. The van der Waals surface area contributed by atoms with Crippen molar-refractivity contribution >= 4 is 11.4 Å². The van der Waals surface area contributed by atoms with Crippen LogP contribution in [0.4, 0.5) is 11.4 Å². The van der Waals surface area contributed by atoms with Crippen LogP contribution in [0.15, 0.2) is 69.6 Å². The van der Waals surface area contributed by atoms with E-state index in [1.165, 1.54) is 30.5 Å². The van der Waals surface area contributed by atoms with Crippen LogP contribution < -0.4 is 11.0 Å². The molecule has 2 heterocycles. The molecule has 3 aromatic rings. The van der Waals surface area contributed by atoms with Gasteiger partial charge in [0.1, 0.15) is 0 Å². The zero-order valence-electron chi connectivity index (χ0n) is 20.0. The largest absolute Gasteiger partial charge is 0.301 e. The minimum atomic E-state index is -0.224. The lowest BCUT2D eigenvalue weighted by Crippen LogP contribution is -2.38. The third-order valence-corrected chi connectivity index (χ3v) is 6.26. The first kappa shape index (κ1) is 24.1. The average molecular weight is 463 g/mol. The van der Waals surface area contributed by atoms with E-state index in [0.717, 1.165) is 30.8 Å². The second kappa shape index (κ2) is 11.9. The lowest BCUT2D eigenvalue weighted by Gasteiger charge is -2.33. The van der Waals surface area contributed by atoms with Gasteiger partial charge in [0, 0.05) is 12.6 Å². The lowest BCUT2D eigenvalue weighted by atomic mass is 10.0. The number of hydrogen-bond donors (Lipinski definition) is 2. The average Bonchev–Trinajstić information content (AvgIpc) is 3.15. The summed E-state index contributed by atoms with van der Waals surface area (Å²) in [5.74, 6) is 0. The number of hydroxylamine groups is 1. The van der Waals surface area contributed by atoms with E-state index in [0.29, 0.717) is 29.7 Å². The number of nitrogens with zero attached hydrogens (tertiary/aromatic N) is 4. The molecule has 0 aliphatic carbocycles. The fourth-order valence-corrected chi connectivity index (χ4v) is 4.23. The number of aromatic nitrogens is 2. The summed E-state index contributed by atoms with van der Waals surface area (Å²) in [6, 6.07) is 17.8. The normalized spacial score (nSPS) is 16.9. The second-order valence-corrected chi connectivity index (χ2v) is 8.85. The summed E-state index contributed by atoms with van der Waals surface area (Å²) in [7, 11) is 0. The van der Waals surface area contributed by atoms with Gasteiger partial charge in [-0.05, 0) is 76.0 Å². The highest BCUT2D eigenvalue weighted by molar-refractivity contribution is 5.44. The smallest absolute Gasteiger partial charge is 0.299 e. The van der Waals surface area contributed by atoms with Gasteiger partial charge in [-0.15, -0.1) is 5.11 Å². The number of hydrogen-bond acceptors (Lipinski definition) is 6. The van der Waals surface area contributed by atoms with Gasteiger partial charge in [-0.25, -0.2) is 10.2 Å². The van der Waals surface area contributed by atoms with Crippen LogP contribution >= 0.6 is 0 Å². The molecule has 1 aliphatic rings. The second-order valence-electron chi connectivity index (χ2n) is 8.85. The number of H-pyrrole nitrogens is 1. The van der Waals surface area contributed by atoms with E-state index in [-0.39, 0.29) is 5.56 Å². The van der Waals surface area contributed by atoms with Crippen molar-refractivity contribution in [3.8, 4) is 5.69 Å². The Labute approximate surface area is 200 Å². The Balaban J connectivity index is 1.23. The van der Waals surface area contributed by atoms with Crippen LogP contribution in [0.5, 0.6) is 0 Å². The van der Waals surface area contributed by atoms with Gasteiger partial charge in [0.05, 0.1) is 23.7 Å². The van der Waals surface area contributed by atoms with Crippen LogP contribution in [-0.4, -0.2) is 40.4 Å². The maximum atomic E-state index is 12.7. The van der Waals surface area contributed by atoms with Gasteiger partial charge < -0.3 is 4.90 Å². The molecule has 8 nitrogen and oxygen atoms in total. The molecule has 0 amide bonds. The number of rotatable bonds is 10. The molecule has 180 valence electrons.